The summed E-state index contributed by atoms with van der Waals surface area (Å²) in [5.41, 5.74) is 0. The summed E-state index contributed by atoms with van der Waals surface area (Å²) >= 11 is 0. The summed E-state index contributed by atoms with van der Waals surface area (Å²) in [6.07, 6.45) is 5.62. The molecule has 0 aliphatic carbocycles. The first-order valence-corrected chi connectivity index (χ1v) is 7.91. The van der Waals surface area contributed by atoms with Crippen LogP contribution in [0.25, 0.3) is 0 Å². The number of hydrogen-bond acceptors (Lipinski definition) is 4. The maximum absolute atomic E-state index is 10.7. The minimum Gasteiger partial charge on any atom is -0.480 e. The van der Waals surface area contributed by atoms with Crippen molar-refractivity contribution in [1.82, 2.24) is 9.80 Å². The van der Waals surface area contributed by atoms with Gasteiger partial charge in [-0.1, -0.05) is 0 Å². The molecule has 0 aromatic carbocycles. The van der Waals surface area contributed by atoms with E-state index in [1.165, 1.54) is 6.42 Å². The first kappa shape index (κ1) is 16.2. The second kappa shape index (κ2) is 7.75. The van der Waals surface area contributed by atoms with Crippen LogP contribution in [0.3, 0.4) is 0 Å². The highest BCUT2D eigenvalue weighted by atomic mass is 16.4. The number of nitrogens with zero attached hydrogens (tertiary/aromatic N) is 2. The van der Waals surface area contributed by atoms with E-state index < -0.39 is 11.9 Å². The van der Waals surface area contributed by atoms with Gasteiger partial charge in [0.15, 0.2) is 0 Å². The molecule has 120 valence electrons. The van der Waals surface area contributed by atoms with Gasteiger partial charge in [0.1, 0.15) is 0 Å². The Balaban J connectivity index is 1.64. The molecule has 0 aromatic heterocycles. The Hall–Kier alpha value is -1.14. The van der Waals surface area contributed by atoms with Crippen LogP contribution in [-0.2, 0) is 9.59 Å². The van der Waals surface area contributed by atoms with Crippen LogP contribution in [0.15, 0.2) is 0 Å². The highest BCUT2D eigenvalue weighted by Crippen LogP contribution is 2.29. The lowest BCUT2D eigenvalue weighted by molar-refractivity contribution is -0.139. The van der Waals surface area contributed by atoms with Crippen LogP contribution in [0.1, 0.15) is 32.1 Å². The average molecular weight is 298 g/mol. The molecule has 2 saturated heterocycles. The third kappa shape index (κ3) is 5.63. The number of piperidine rings is 2. The molecule has 0 aromatic rings. The fourth-order valence-corrected chi connectivity index (χ4v) is 3.61. The Bertz CT molecular complexity index is 325. The highest BCUT2D eigenvalue weighted by molar-refractivity contribution is 5.69. The van der Waals surface area contributed by atoms with E-state index in [9.17, 15) is 9.59 Å². The van der Waals surface area contributed by atoms with Crippen LogP contribution in [0.4, 0.5) is 0 Å². The lowest BCUT2D eigenvalue weighted by Crippen LogP contribution is -2.40. The molecule has 2 N–H and O–H groups in total. The zero-order valence-corrected chi connectivity index (χ0v) is 12.5. The van der Waals surface area contributed by atoms with Crippen molar-refractivity contribution < 1.29 is 19.8 Å². The predicted molar refractivity (Wildman–Crippen MR) is 78.2 cm³/mol. The van der Waals surface area contributed by atoms with Crippen molar-refractivity contribution in [3.8, 4) is 0 Å². The SMILES string of the molecule is O=C(O)CN1CCC(CC2CCN(CC(=O)O)CC2)CC1. The number of aliphatic carboxylic acids is 2. The second-order valence-electron chi connectivity index (χ2n) is 6.46. The van der Waals surface area contributed by atoms with E-state index in [2.05, 4.69) is 0 Å². The molecule has 0 saturated carbocycles. The van der Waals surface area contributed by atoms with Gasteiger partial charge in [0, 0.05) is 0 Å². The molecule has 0 unspecified atom stereocenters. The monoisotopic (exact) mass is 298 g/mol. The van der Waals surface area contributed by atoms with Crippen molar-refractivity contribution in [3.63, 3.8) is 0 Å². The van der Waals surface area contributed by atoms with E-state index in [0.29, 0.717) is 11.8 Å². The van der Waals surface area contributed by atoms with E-state index >= 15 is 0 Å². The van der Waals surface area contributed by atoms with Crippen molar-refractivity contribution >= 4 is 11.9 Å². The van der Waals surface area contributed by atoms with Crippen molar-refractivity contribution in [1.29, 1.82) is 0 Å². The first-order chi connectivity index (χ1) is 10.0. The molecule has 0 atom stereocenters. The number of rotatable bonds is 6. The topological polar surface area (TPSA) is 81.1 Å². The second-order valence-corrected chi connectivity index (χ2v) is 6.46. The van der Waals surface area contributed by atoms with Crippen molar-refractivity contribution in [3.05, 3.63) is 0 Å². The molecule has 2 aliphatic heterocycles. The van der Waals surface area contributed by atoms with Gasteiger partial charge in [-0.15, -0.1) is 0 Å². The Kier molecular flexibility index (Phi) is 5.99. The third-order valence-corrected chi connectivity index (χ3v) is 4.80. The van der Waals surface area contributed by atoms with Crippen molar-refractivity contribution in [2.45, 2.75) is 32.1 Å². The molecular formula is C15H26N2O4. The third-order valence-electron chi connectivity index (χ3n) is 4.80. The minimum absolute atomic E-state index is 0.167. The van der Waals surface area contributed by atoms with Crippen LogP contribution < -0.4 is 0 Å². The molecule has 0 amide bonds. The minimum atomic E-state index is -0.737. The zero-order valence-electron chi connectivity index (χ0n) is 12.5. The Morgan fingerprint density at radius 2 is 1.10 bits per heavy atom. The maximum Gasteiger partial charge on any atom is 0.317 e. The van der Waals surface area contributed by atoms with Gasteiger partial charge >= 0.3 is 11.9 Å². The average Bonchev–Trinajstić information content (AvgIpc) is 2.42. The van der Waals surface area contributed by atoms with E-state index in [4.69, 9.17) is 10.2 Å². The highest BCUT2D eigenvalue weighted by Gasteiger charge is 2.26. The molecule has 21 heavy (non-hydrogen) atoms. The molecule has 2 aliphatic rings. The van der Waals surface area contributed by atoms with Gasteiger partial charge in [0.05, 0.1) is 13.1 Å². The number of carbonyl (C=O) groups is 2. The fraction of sp³-hybridized carbons (Fsp3) is 0.867. The van der Waals surface area contributed by atoms with Gasteiger partial charge in [-0.2, -0.15) is 0 Å². The molecule has 0 radical (unpaired) electrons. The Morgan fingerprint density at radius 3 is 1.38 bits per heavy atom. The van der Waals surface area contributed by atoms with Gasteiger partial charge in [-0.05, 0) is 70.1 Å². The van der Waals surface area contributed by atoms with Crippen LogP contribution in [0, 0.1) is 11.8 Å². The van der Waals surface area contributed by atoms with E-state index in [-0.39, 0.29) is 13.1 Å². The lowest BCUT2D eigenvalue weighted by atomic mass is 9.83. The Morgan fingerprint density at radius 1 is 0.762 bits per heavy atom. The summed E-state index contributed by atoms with van der Waals surface area (Å²) in [4.78, 5) is 25.4. The summed E-state index contributed by atoms with van der Waals surface area (Å²) < 4.78 is 0. The summed E-state index contributed by atoms with van der Waals surface area (Å²) in [5, 5.41) is 17.6. The van der Waals surface area contributed by atoms with Gasteiger partial charge in [-0.25, -0.2) is 0 Å². The van der Waals surface area contributed by atoms with Gasteiger partial charge in [-0.3, -0.25) is 19.4 Å². The zero-order chi connectivity index (χ0) is 15.2. The van der Waals surface area contributed by atoms with Gasteiger partial charge in [0.25, 0.3) is 0 Å². The van der Waals surface area contributed by atoms with Crippen LogP contribution in [0.2, 0.25) is 0 Å². The molecule has 2 fully saturated rings. The van der Waals surface area contributed by atoms with Crippen LogP contribution in [0.5, 0.6) is 0 Å². The number of carboxylic acid groups (broad SMARTS) is 2. The van der Waals surface area contributed by atoms with E-state index in [0.717, 1.165) is 51.9 Å². The summed E-state index contributed by atoms with van der Waals surface area (Å²) in [5.74, 6) is -0.0457. The molecule has 6 nitrogen and oxygen atoms in total. The first-order valence-electron chi connectivity index (χ1n) is 7.91. The summed E-state index contributed by atoms with van der Waals surface area (Å²) in [6.45, 7) is 3.92. The van der Waals surface area contributed by atoms with E-state index in [1.54, 1.807) is 0 Å². The van der Waals surface area contributed by atoms with Gasteiger partial charge < -0.3 is 10.2 Å². The van der Waals surface area contributed by atoms with Crippen molar-refractivity contribution in [2.24, 2.45) is 11.8 Å². The van der Waals surface area contributed by atoms with E-state index in [1.807, 2.05) is 9.80 Å². The van der Waals surface area contributed by atoms with Crippen LogP contribution in [-0.4, -0.2) is 71.2 Å². The van der Waals surface area contributed by atoms with Gasteiger partial charge in [0.2, 0.25) is 0 Å². The molecule has 2 rings (SSSR count). The number of likely N-dealkylation sites (tertiary alicyclic amines) is 2. The largest absolute Gasteiger partial charge is 0.480 e. The normalized spacial score (nSPS) is 23.2. The predicted octanol–water partition coefficient (Wildman–Crippen LogP) is 0.970. The Labute approximate surface area is 125 Å². The van der Waals surface area contributed by atoms with Crippen LogP contribution >= 0.6 is 0 Å². The number of hydrogen-bond donors (Lipinski definition) is 2. The molecule has 0 bridgehead atoms. The molecule has 0 spiro atoms. The maximum atomic E-state index is 10.7. The van der Waals surface area contributed by atoms with Crippen molar-refractivity contribution in [2.75, 3.05) is 39.3 Å². The summed E-state index contributed by atoms with van der Waals surface area (Å²) in [7, 11) is 0. The molecule has 2 heterocycles. The number of carboxylic acids is 2. The smallest absolute Gasteiger partial charge is 0.317 e. The fourth-order valence-electron chi connectivity index (χ4n) is 3.61. The standard InChI is InChI=1S/C15H26N2O4/c18-14(19)10-16-5-1-12(2-6-16)9-13-3-7-17(8-4-13)11-15(20)21/h12-13H,1-11H2,(H,18,19)(H,20,21). The molecule has 6 heteroatoms. The molecular weight excluding hydrogens is 272 g/mol. The lowest BCUT2D eigenvalue weighted by Gasteiger charge is -2.36. The summed E-state index contributed by atoms with van der Waals surface area (Å²) in [6, 6.07) is 0. The quantitative estimate of drug-likeness (QED) is 0.760.